The van der Waals surface area contributed by atoms with Gasteiger partial charge in [0.15, 0.2) is 0 Å². The third-order valence-corrected chi connectivity index (χ3v) is 3.16. The fraction of sp³-hybridized carbons (Fsp3) is 0.765. The lowest BCUT2D eigenvalue weighted by atomic mass is 9.74. The van der Waals surface area contributed by atoms with Crippen LogP contribution in [0.3, 0.4) is 0 Å². The Labute approximate surface area is 109 Å². The Kier molecular flexibility index (Phi) is 7.50. The van der Waals surface area contributed by atoms with Gasteiger partial charge in [0.1, 0.15) is 0 Å². The van der Waals surface area contributed by atoms with Crippen LogP contribution >= 0.6 is 0 Å². The molecule has 0 radical (unpaired) electrons. The number of rotatable bonds is 3. The zero-order chi connectivity index (χ0) is 13.5. The van der Waals surface area contributed by atoms with Gasteiger partial charge >= 0.3 is 0 Å². The zero-order valence-electron chi connectivity index (χ0n) is 13.0. The summed E-state index contributed by atoms with van der Waals surface area (Å²) in [6.45, 7) is 15.8. The van der Waals surface area contributed by atoms with E-state index >= 15 is 0 Å². The van der Waals surface area contributed by atoms with E-state index in [1.807, 2.05) is 13.8 Å². The molecule has 0 heteroatoms. The van der Waals surface area contributed by atoms with E-state index in [9.17, 15) is 0 Å². The third kappa shape index (κ3) is 6.71. The highest BCUT2D eigenvalue weighted by Crippen LogP contribution is 2.36. The molecule has 0 bridgehead atoms. The van der Waals surface area contributed by atoms with E-state index in [-0.39, 0.29) is 0 Å². The van der Waals surface area contributed by atoms with E-state index in [4.69, 9.17) is 0 Å². The first-order chi connectivity index (χ1) is 7.90. The molecule has 1 aliphatic carbocycles. The first-order valence-corrected chi connectivity index (χ1v) is 7.26. The van der Waals surface area contributed by atoms with Crippen molar-refractivity contribution < 1.29 is 0 Å². The van der Waals surface area contributed by atoms with Crippen molar-refractivity contribution in [2.45, 2.75) is 67.7 Å². The molecule has 0 N–H and O–H groups in total. The fourth-order valence-corrected chi connectivity index (χ4v) is 2.38. The summed E-state index contributed by atoms with van der Waals surface area (Å²) >= 11 is 0. The molecule has 0 heterocycles. The fourth-order valence-electron chi connectivity index (χ4n) is 2.38. The molecule has 0 aromatic rings. The molecule has 1 atom stereocenters. The highest BCUT2D eigenvalue weighted by atomic mass is 14.3. The van der Waals surface area contributed by atoms with Crippen LogP contribution in [0.15, 0.2) is 23.8 Å². The van der Waals surface area contributed by atoms with Crippen molar-refractivity contribution in [3.8, 4) is 0 Å². The van der Waals surface area contributed by atoms with Crippen molar-refractivity contribution in [2.24, 2.45) is 17.3 Å². The molecule has 0 aliphatic heterocycles. The number of hydrogen-bond acceptors (Lipinski definition) is 0. The van der Waals surface area contributed by atoms with Gasteiger partial charge in [0.25, 0.3) is 0 Å². The van der Waals surface area contributed by atoms with Crippen LogP contribution < -0.4 is 0 Å². The molecule has 1 rings (SSSR count). The van der Waals surface area contributed by atoms with E-state index in [1.54, 1.807) is 5.57 Å². The van der Waals surface area contributed by atoms with Crippen LogP contribution in [-0.2, 0) is 0 Å². The molecule has 100 valence electrons. The van der Waals surface area contributed by atoms with Crippen molar-refractivity contribution in [1.82, 2.24) is 0 Å². The van der Waals surface area contributed by atoms with Crippen molar-refractivity contribution in [3.05, 3.63) is 23.8 Å². The summed E-state index contributed by atoms with van der Waals surface area (Å²) in [6, 6.07) is 0. The van der Waals surface area contributed by atoms with E-state index in [2.05, 4.69) is 52.8 Å². The maximum absolute atomic E-state index is 2.36. The van der Waals surface area contributed by atoms with Crippen molar-refractivity contribution >= 4 is 0 Å². The van der Waals surface area contributed by atoms with Crippen molar-refractivity contribution in [2.75, 3.05) is 0 Å². The molecule has 1 unspecified atom stereocenters. The standard InChI is InChI=1S/C15H26.C2H6/c1-12(2)14(11-15(3,4)5)13-9-7-6-8-10-13;1-2/h6-7,9,12,14H,8,10-11H2,1-5H3;1-2H3. The van der Waals surface area contributed by atoms with Crippen molar-refractivity contribution in [3.63, 3.8) is 0 Å². The summed E-state index contributed by atoms with van der Waals surface area (Å²) in [5.74, 6) is 1.54. The molecule has 0 saturated carbocycles. The Balaban J connectivity index is 0.00000121. The Morgan fingerprint density at radius 1 is 1.18 bits per heavy atom. The normalized spacial score (nSPS) is 17.3. The zero-order valence-corrected chi connectivity index (χ0v) is 13.0. The maximum atomic E-state index is 2.36. The van der Waals surface area contributed by atoms with Gasteiger partial charge in [0.05, 0.1) is 0 Å². The van der Waals surface area contributed by atoms with Gasteiger partial charge in [0.2, 0.25) is 0 Å². The monoisotopic (exact) mass is 236 g/mol. The van der Waals surface area contributed by atoms with Gasteiger partial charge in [-0.25, -0.2) is 0 Å². The first kappa shape index (κ1) is 16.5. The SMILES string of the molecule is CC.CC(C)C(CC(C)(C)C)C1=CC=CCC1. The lowest BCUT2D eigenvalue weighted by Gasteiger charge is -2.31. The third-order valence-electron chi connectivity index (χ3n) is 3.16. The Morgan fingerprint density at radius 3 is 2.12 bits per heavy atom. The van der Waals surface area contributed by atoms with Crippen LogP contribution in [0.2, 0.25) is 0 Å². The molecular formula is C17H32. The second-order valence-corrected chi connectivity index (χ2v) is 6.32. The van der Waals surface area contributed by atoms with Crippen molar-refractivity contribution in [1.29, 1.82) is 0 Å². The van der Waals surface area contributed by atoms with Gasteiger partial charge in [-0.05, 0) is 36.5 Å². The number of allylic oxidation sites excluding steroid dienone is 4. The Morgan fingerprint density at radius 2 is 1.76 bits per heavy atom. The molecule has 0 fully saturated rings. The topological polar surface area (TPSA) is 0 Å². The quantitative estimate of drug-likeness (QED) is 0.564. The molecule has 17 heavy (non-hydrogen) atoms. The summed E-state index contributed by atoms with van der Waals surface area (Å²) in [4.78, 5) is 0. The molecule has 0 spiro atoms. The largest absolute Gasteiger partial charge is 0.0842 e. The minimum absolute atomic E-state index is 0.441. The molecular weight excluding hydrogens is 204 g/mol. The highest BCUT2D eigenvalue weighted by molar-refractivity contribution is 5.20. The molecule has 0 saturated heterocycles. The van der Waals surface area contributed by atoms with E-state index in [0.29, 0.717) is 5.41 Å². The van der Waals surface area contributed by atoms with Gasteiger partial charge in [-0.1, -0.05) is 72.3 Å². The minimum Gasteiger partial charge on any atom is -0.0842 e. The molecule has 0 amide bonds. The Hall–Kier alpha value is -0.520. The molecule has 0 aromatic heterocycles. The average molecular weight is 236 g/mol. The summed E-state index contributed by atoms with van der Waals surface area (Å²) < 4.78 is 0. The average Bonchev–Trinajstić information content (AvgIpc) is 2.28. The van der Waals surface area contributed by atoms with Crippen LogP contribution in [0, 0.1) is 17.3 Å². The number of hydrogen-bond donors (Lipinski definition) is 0. The van der Waals surface area contributed by atoms with E-state index < -0.39 is 0 Å². The van der Waals surface area contributed by atoms with Gasteiger partial charge in [-0.15, -0.1) is 0 Å². The molecule has 1 aliphatic rings. The second-order valence-electron chi connectivity index (χ2n) is 6.32. The smallest absolute Gasteiger partial charge is 0.0172 e. The second kappa shape index (κ2) is 7.74. The predicted molar refractivity (Wildman–Crippen MR) is 80.2 cm³/mol. The van der Waals surface area contributed by atoms with Crippen LogP contribution in [0.1, 0.15) is 67.7 Å². The van der Waals surface area contributed by atoms with Crippen LogP contribution in [0.4, 0.5) is 0 Å². The first-order valence-electron chi connectivity index (χ1n) is 7.26. The van der Waals surface area contributed by atoms with Crippen LogP contribution in [-0.4, -0.2) is 0 Å². The van der Waals surface area contributed by atoms with E-state index in [1.165, 1.54) is 19.3 Å². The molecule has 0 aromatic carbocycles. The summed E-state index contributed by atoms with van der Waals surface area (Å²) in [5, 5.41) is 0. The van der Waals surface area contributed by atoms with Gasteiger partial charge in [0, 0.05) is 0 Å². The molecule has 0 nitrogen and oxygen atoms in total. The lowest BCUT2D eigenvalue weighted by molar-refractivity contribution is 0.268. The summed E-state index contributed by atoms with van der Waals surface area (Å²) in [6.07, 6.45) is 10.7. The minimum atomic E-state index is 0.441. The van der Waals surface area contributed by atoms with E-state index in [0.717, 1.165) is 11.8 Å². The Bertz CT molecular complexity index is 248. The highest BCUT2D eigenvalue weighted by Gasteiger charge is 2.24. The maximum Gasteiger partial charge on any atom is -0.0172 e. The van der Waals surface area contributed by atoms with Gasteiger partial charge < -0.3 is 0 Å². The van der Waals surface area contributed by atoms with Crippen LogP contribution in [0.5, 0.6) is 0 Å². The van der Waals surface area contributed by atoms with Gasteiger partial charge in [-0.3, -0.25) is 0 Å². The van der Waals surface area contributed by atoms with Gasteiger partial charge in [-0.2, -0.15) is 0 Å². The van der Waals surface area contributed by atoms with Crippen LogP contribution in [0.25, 0.3) is 0 Å². The predicted octanol–water partition coefficient (Wildman–Crippen LogP) is 6.00. The lowest BCUT2D eigenvalue weighted by Crippen LogP contribution is -2.20. The summed E-state index contributed by atoms with van der Waals surface area (Å²) in [7, 11) is 0. The summed E-state index contributed by atoms with van der Waals surface area (Å²) in [5.41, 5.74) is 2.11.